The number of amides is 1. The molecule has 1 aromatic carbocycles. The molecule has 0 unspecified atom stereocenters. The van der Waals surface area contributed by atoms with Gasteiger partial charge in [0, 0.05) is 24.9 Å². The first-order valence-corrected chi connectivity index (χ1v) is 13.2. The van der Waals surface area contributed by atoms with Crippen molar-refractivity contribution >= 4 is 31.8 Å². The van der Waals surface area contributed by atoms with Crippen LogP contribution in [0.3, 0.4) is 0 Å². The van der Waals surface area contributed by atoms with Crippen LogP contribution in [-0.4, -0.2) is 56.6 Å². The van der Waals surface area contributed by atoms with Crippen LogP contribution in [0.25, 0.3) is 0 Å². The molecule has 0 radical (unpaired) electrons. The third kappa shape index (κ3) is 7.40. The number of nitrogens with zero attached hydrogens (tertiary/aromatic N) is 3. The molecule has 0 spiro atoms. The highest BCUT2D eigenvalue weighted by atomic mass is 32.2. The molecule has 1 aromatic heterocycles. The summed E-state index contributed by atoms with van der Waals surface area (Å²) in [6.07, 6.45) is 1.02. The zero-order valence-electron chi connectivity index (χ0n) is 18.2. The van der Waals surface area contributed by atoms with Gasteiger partial charge in [-0.25, -0.2) is 16.8 Å². The van der Waals surface area contributed by atoms with Gasteiger partial charge in [-0.3, -0.25) is 10.1 Å². The van der Waals surface area contributed by atoms with Crippen molar-refractivity contribution in [1.29, 1.82) is 0 Å². The molecule has 1 N–H and O–H groups in total. The Labute approximate surface area is 183 Å². The Bertz CT molecular complexity index is 1100. The SMILES string of the molecule is CC(C)CN(CC(C)C)S(=O)(=O)c1ccc(C(=O)Nc2nnc(CS(C)(=O)=O)o2)cc1. The van der Waals surface area contributed by atoms with Crippen molar-refractivity contribution in [2.24, 2.45) is 11.8 Å². The second-order valence-corrected chi connectivity index (χ2v) is 12.2. The van der Waals surface area contributed by atoms with Gasteiger partial charge in [0.2, 0.25) is 15.9 Å². The van der Waals surface area contributed by atoms with Gasteiger partial charge >= 0.3 is 6.01 Å². The van der Waals surface area contributed by atoms with E-state index >= 15 is 0 Å². The number of carbonyl (C=O) groups excluding carboxylic acids is 1. The Morgan fingerprint density at radius 2 is 1.55 bits per heavy atom. The van der Waals surface area contributed by atoms with E-state index in [1.54, 1.807) is 0 Å². The number of sulfonamides is 1. The molecule has 0 aliphatic rings. The average molecular weight is 473 g/mol. The maximum Gasteiger partial charge on any atom is 0.322 e. The summed E-state index contributed by atoms with van der Waals surface area (Å²) in [5.74, 6) is -0.846. The summed E-state index contributed by atoms with van der Waals surface area (Å²) in [6, 6.07) is 5.28. The molecule has 12 heteroatoms. The van der Waals surface area contributed by atoms with Crippen molar-refractivity contribution in [3.05, 3.63) is 35.7 Å². The van der Waals surface area contributed by atoms with Gasteiger partial charge in [0.25, 0.3) is 5.91 Å². The lowest BCUT2D eigenvalue weighted by molar-refractivity contribution is 0.102. The van der Waals surface area contributed by atoms with Crippen LogP contribution in [0.15, 0.2) is 33.6 Å². The first-order chi connectivity index (χ1) is 14.3. The zero-order chi connectivity index (χ0) is 23.4. The Morgan fingerprint density at radius 3 is 2.03 bits per heavy atom. The van der Waals surface area contributed by atoms with Gasteiger partial charge in [0.05, 0.1) is 4.90 Å². The van der Waals surface area contributed by atoms with Crippen molar-refractivity contribution < 1.29 is 26.0 Å². The molecule has 31 heavy (non-hydrogen) atoms. The van der Waals surface area contributed by atoms with Crippen LogP contribution in [-0.2, 0) is 25.6 Å². The number of rotatable bonds is 10. The highest BCUT2D eigenvalue weighted by molar-refractivity contribution is 7.89. The van der Waals surface area contributed by atoms with Gasteiger partial charge in [0.1, 0.15) is 5.75 Å². The molecular formula is C19H28N4O6S2. The van der Waals surface area contributed by atoms with Crippen LogP contribution < -0.4 is 5.32 Å². The topological polar surface area (TPSA) is 140 Å². The molecule has 0 aliphatic heterocycles. The predicted octanol–water partition coefficient (Wildman–Crippen LogP) is 2.17. The van der Waals surface area contributed by atoms with Crippen LogP contribution in [0.2, 0.25) is 0 Å². The van der Waals surface area contributed by atoms with E-state index in [4.69, 9.17) is 4.42 Å². The van der Waals surface area contributed by atoms with Gasteiger partial charge < -0.3 is 4.42 Å². The molecule has 1 heterocycles. The molecule has 0 fully saturated rings. The summed E-state index contributed by atoms with van der Waals surface area (Å²) in [5.41, 5.74) is 0.182. The first-order valence-electron chi connectivity index (χ1n) is 9.69. The monoisotopic (exact) mass is 472 g/mol. The van der Waals surface area contributed by atoms with Gasteiger partial charge in [0.15, 0.2) is 9.84 Å². The molecule has 0 saturated heterocycles. The third-order valence-electron chi connectivity index (χ3n) is 3.96. The number of hydrogen-bond acceptors (Lipinski definition) is 8. The first kappa shape index (κ1) is 25.0. The summed E-state index contributed by atoms with van der Waals surface area (Å²) in [5, 5.41) is 9.51. The Morgan fingerprint density at radius 1 is 1.00 bits per heavy atom. The van der Waals surface area contributed by atoms with E-state index in [0.717, 1.165) is 6.26 Å². The normalized spacial score (nSPS) is 12.6. The van der Waals surface area contributed by atoms with E-state index in [1.807, 2.05) is 27.7 Å². The minimum absolute atomic E-state index is 0.0959. The zero-order valence-corrected chi connectivity index (χ0v) is 19.8. The number of hydrogen-bond donors (Lipinski definition) is 1. The fourth-order valence-electron chi connectivity index (χ4n) is 2.77. The standard InChI is InChI=1S/C19H28N4O6S2/c1-13(2)10-23(11-14(3)4)31(27,28)16-8-6-15(7-9-16)18(24)20-19-22-21-17(29-19)12-30(5,25)26/h6-9,13-14H,10-12H2,1-5H3,(H,20,22,24). The largest absolute Gasteiger partial charge is 0.407 e. The van der Waals surface area contributed by atoms with Gasteiger partial charge in [-0.15, -0.1) is 5.10 Å². The van der Waals surface area contributed by atoms with Gasteiger partial charge in [-0.2, -0.15) is 4.31 Å². The smallest absolute Gasteiger partial charge is 0.322 e. The Balaban J connectivity index is 2.15. The van der Waals surface area contributed by atoms with E-state index in [9.17, 15) is 21.6 Å². The Hall–Kier alpha value is -2.31. The van der Waals surface area contributed by atoms with Crippen LogP contribution in [0.5, 0.6) is 0 Å². The Kier molecular flexibility index (Phi) is 7.95. The average Bonchev–Trinajstić information content (AvgIpc) is 3.05. The summed E-state index contributed by atoms with van der Waals surface area (Å²) in [6.45, 7) is 8.61. The third-order valence-corrected chi connectivity index (χ3v) is 6.58. The van der Waals surface area contributed by atoms with E-state index in [2.05, 4.69) is 15.5 Å². The maximum absolute atomic E-state index is 13.0. The van der Waals surface area contributed by atoms with Crippen molar-refractivity contribution in [1.82, 2.24) is 14.5 Å². The fourth-order valence-corrected chi connectivity index (χ4v) is 5.10. The molecule has 0 aliphatic carbocycles. The summed E-state index contributed by atoms with van der Waals surface area (Å²) in [4.78, 5) is 12.5. The molecule has 0 saturated carbocycles. The van der Waals surface area contributed by atoms with Crippen LogP contribution in [0.1, 0.15) is 43.9 Å². The van der Waals surface area contributed by atoms with Crippen molar-refractivity contribution in [3.8, 4) is 0 Å². The van der Waals surface area contributed by atoms with Crippen molar-refractivity contribution in [3.63, 3.8) is 0 Å². The van der Waals surface area contributed by atoms with Crippen LogP contribution in [0.4, 0.5) is 6.01 Å². The van der Waals surface area contributed by atoms with Gasteiger partial charge in [-0.1, -0.05) is 32.8 Å². The molecule has 10 nitrogen and oxygen atoms in total. The lowest BCUT2D eigenvalue weighted by atomic mass is 10.2. The number of benzene rings is 1. The van der Waals surface area contributed by atoms with Crippen LogP contribution in [0, 0.1) is 11.8 Å². The predicted molar refractivity (Wildman–Crippen MR) is 116 cm³/mol. The van der Waals surface area contributed by atoms with Gasteiger partial charge in [-0.05, 0) is 36.1 Å². The molecule has 2 rings (SSSR count). The molecule has 0 atom stereocenters. The molecule has 2 aromatic rings. The van der Waals surface area contributed by atoms with E-state index < -0.39 is 31.5 Å². The van der Waals surface area contributed by atoms with Crippen molar-refractivity contribution in [2.75, 3.05) is 24.7 Å². The second-order valence-electron chi connectivity index (χ2n) is 8.16. The van der Waals surface area contributed by atoms with E-state index in [1.165, 1.54) is 28.6 Å². The minimum atomic E-state index is -3.70. The maximum atomic E-state index is 13.0. The summed E-state index contributed by atoms with van der Waals surface area (Å²) < 4.78 is 55.2. The summed E-state index contributed by atoms with van der Waals surface area (Å²) >= 11 is 0. The van der Waals surface area contributed by atoms with E-state index in [0.29, 0.717) is 13.1 Å². The number of nitrogens with one attached hydrogen (secondary N) is 1. The van der Waals surface area contributed by atoms with E-state index in [-0.39, 0.29) is 34.2 Å². The molecule has 0 bridgehead atoms. The molecule has 172 valence electrons. The van der Waals surface area contributed by atoms with Crippen molar-refractivity contribution in [2.45, 2.75) is 38.3 Å². The number of aromatic nitrogens is 2. The molecular weight excluding hydrogens is 444 g/mol. The quantitative estimate of drug-likeness (QED) is 0.555. The number of carbonyl (C=O) groups is 1. The molecule has 1 amide bonds. The highest BCUT2D eigenvalue weighted by Gasteiger charge is 2.26. The second kappa shape index (κ2) is 9.88. The summed E-state index contributed by atoms with van der Waals surface area (Å²) in [7, 11) is -7.06. The minimum Gasteiger partial charge on any atom is -0.407 e. The number of anilines is 1. The lowest BCUT2D eigenvalue weighted by Gasteiger charge is -2.25. The lowest BCUT2D eigenvalue weighted by Crippen LogP contribution is -2.37. The highest BCUT2D eigenvalue weighted by Crippen LogP contribution is 2.20. The number of sulfone groups is 1. The fraction of sp³-hybridized carbons (Fsp3) is 0.526. The van der Waals surface area contributed by atoms with Crippen LogP contribution >= 0.6 is 0 Å².